The molecule has 0 saturated heterocycles. The number of thiocarbonyl (C=S) groups is 1. The van der Waals surface area contributed by atoms with Crippen LogP contribution < -0.4 is 16.2 Å². The number of carbonyl (C=O) groups excluding carboxylic acids is 1. The number of hydrogen-bond donors (Lipinski definition) is 3. The lowest BCUT2D eigenvalue weighted by Gasteiger charge is -2.15. The van der Waals surface area contributed by atoms with E-state index in [0.29, 0.717) is 18.5 Å². The topological polar surface area (TPSA) is 53.2 Å². The Labute approximate surface area is 141 Å². The van der Waals surface area contributed by atoms with Crippen molar-refractivity contribution in [2.24, 2.45) is 5.92 Å². The summed E-state index contributed by atoms with van der Waals surface area (Å²) in [5.41, 5.74) is 4.70. The van der Waals surface area contributed by atoms with Gasteiger partial charge in [-0.05, 0) is 36.7 Å². The Morgan fingerprint density at radius 1 is 1.17 bits per heavy atom. The fourth-order valence-electron chi connectivity index (χ4n) is 2.03. The van der Waals surface area contributed by atoms with Gasteiger partial charge in [-0.1, -0.05) is 33.1 Å². The highest BCUT2D eigenvalue weighted by atomic mass is 32.1. The van der Waals surface area contributed by atoms with E-state index < -0.39 is 17.5 Å². The van der Waals surface area contributed by atoms with Gasteiger partial charge in [-0.15, -0.1) is 0 Å². The second-order valence-electron chi connectivity index (χ2n) is 5.55. The van der Waals surface area contributed by atoms with Crippen molar-refractivity contribution in [1.29, 1.82) is 0 Å². The average molecular weight is 343 g/mol. The molecule has 4 nitrogen and oxygen atoms in total. The van der Waals surface area contributed by atoms with Crippen molar-refractivity contribution in [2.75, 3.05) is 6.54 Å². The van der Waals surface area contributed by atoms with Gasteiger partial charge in [0, 0.05) is 18.2 Å². The van der Waals surface area contributed by atoms with Crippen LogP contribution in [0.1, 0.15) is 49.9 Å². The summed E-state index contributed by atoms with van der Waals surface area (Å²) in [6, 6.07) is 2.61. The van der Waals surface area contributed by atoms with Gasteiger partial charge in [0.25, 0.3) is 5.91 Å². The van der Waals surface area contributed by atoms with Gasteiger partial charge in [-0.25, -0.2) is 8.78 Å². The van der Waals surface area contributed by atoms with Gasteiger partial charge in [0.1, 0.15) is 11.6 Å². The summed E-state index contributed by atoms with van der Waals surface area (Å²) in [6.45, 7) is 4.98. The number of unbranched alkanes of at least 4 members (excludes halogenated alkanes) is 2. The number of benzene rings is 1. The summed E-state index contributed by atoms with van der Waals surface area (Å²) >= 11 is 5.04. The van der Waals surface area contributed by atoms with Gasteiger partial charge in [-0.2, -0.15) is 0 Å². The molecule has 0 heterocycles. The molecule has 23 heavy (non-hydrogen) atoms. The van der Waals surface area contributed by atoms with Crippen LogP contribution in [0.3, 0.4) is 0 Å². The highest BCUT2D eigenvalue weighted by Crippen LogP contribution is 2.08. The molecule has 128 valence electrons. The van der Waals surface area contributed by atoms with E-state index in [1.165, 1.54) is 19.3 Å². The summed E-state index contributed by atoms with van der Waals surface area (Å²) in [6.07, 6.45) is 4.69. The summed E-state index contributed by atoms with van der Waals surface area (Å²) in [5.74, 6) is -1.81. The van der Waals surface area contributed by atoms with Gasteiger partial charge in [0.05, 0.1) is 0 Å². The molecule has 0 bridgehead atoms. The number of nitrogens with one attached hydrogen (secondary N) is 3. The maximum Gasteiger partial charge on any atom is 0.269 e. The van der Waals surface area contributed by atoms with Crippen LogP contribution in [0, 0.1) is 17.6 Å². The molecule has 0 aromatic heterocycles. The average Bonchev–Trinajstić information content (AvgIpc) is 2.49. The Bertz CT molecular complexity index is 520. The van der Waals surface area contributed by atoms with Gasteiger partial charge < -0.3 is 5.32 Å². The smallest absolute Gasteiger partial charge is 0.269 e. The number of hydrogen-bond acceptors (Lipinski definition) is 2. The van der Waals surface area contributed by atoms with Crippen LogP contribution >= 0.6 is 12.2 Å². The van der Waals surface area contributed by atoms with Gasteiger partial charge >= 0.3 is 0 Å². The molecule has 1 aromatic carbocycles. The molecule has 0 radical (unpaired) electrons. The van der Waals surface area contributed by atoms with Gasteiger partial charge in [0.2, 0.25) is 0 Å². The summed E-state index contributed by atoms with van der Waals surface area (Å²) in [5, 5.41) is 3.26. The quantitative estimate of drug-likeness (QED) is 0.404. The highest BCUT2D eigenvalue weighted by molar-refractivity contribution is 7.80. The van der Waals surface area contributed by atoms with Crippen LogP contribution in [0.2, 0.25) is 0 Å². The Morgan fingerprint density at radius 2 is 1.83 bits per heavy atom. The lowest BCUT2D eigenvalue weighted by molar-refractivity contribution is 0.0942. The van der Waals surface area contributed by atoms with Gasteiger partial charge in [-0.3, -0.25) is 15.6 Å². The van der Waals surface area contributed by atoms with Crippen molar-refractivity contribution in [3.8, 4) is 0 Å². The number of carbonyl (C=O) groups is 1. The lowest BCUT2D eigenvalue weighted by Crippen LogP contribution is -2.47. The molecule has 0 saturated carbocycles. The zero-order valence-electron chi connectivity index (χ0n) is 13.4. The van der Waals surface area contributed by atoms with Crippen molar-refractivity contribution in [3.63, 3.8) is 0 Å². The third kappa shape index (κ3) is 7.88. The van der Waals surface area contributed by atoms with E-state index in [0.717, 1.165) is 18.6 Å². The van der Waals surface area contributed by atoms with Crippen molar-refractivity contribution < 1.29 is 13.6 Å². The number of hydrazine groups is 1. The van der Waals surface area contributed by atoms with Crippen LogP contribution in [0.15, 0.2) is 18.2 Å². The normalized spacial score (nSPS) is 11.7. The second-order valence-corrected chi connectivity index (χ2v) is 5.96. The monoisotopic (exact) mass is 343 g/mol. The molecule has 0 aliphatic heterocycles. The first kappa shape index (κ1) is 19.3. The molecule has 0 fully saturated rings. The summed E-state index contributed by atoms with van der Waals surface area (Å²) < 4.78 is 26.1. The first-order valence-corrected chi connectivity index (χ1v) is 8.13. The van der Waals surface area contributed by atoms with Crippen LogP contribution in [0.25, 0.3) is 0 Å². The standard InChI is InChI=1S/C16H23F2N3OS/c1-3-4-5-6-11(2)10-19-16(23)21-20-15(22)12-7-13(17)9-14(18)8-12/h7-9,11H,3-6,10H2,1-2H3,(H,20,22)(H2,19,21,23)/t11-/m0/s1. The first-order chi connectivity index (χ1) is 10.9. The third-order valence-electron chi connectivity index (χ3n) is 3.33. The van der Waals surface area contributed by atoms with E-state index in [4.69, 9.17) is 12.2 Å². The Kier molecular flexibility index (Phi) is 8.47. The van der Waals surface area contributed by atoms with Crippen molar-refractivity contribution in [2.45, 2.75) is 39.5 Å². The van der Waals surface area contributed by atoms with E-state index in [1.54, 1.807) is 0 Å². The predicted molar refractivity (Wildman–Crippen MR) is 90.9 cm³/mol. The van der Waals surface area contributed by atoms with Crippen LogP contribution in [-0.2, 0) is 0 Å². The Balaban J connectivity index is 2.31. The SMILES string of the molecule is CCCCC[C@H](C)CNC(=S)NNC(=O)c1cc(F)cc(F)c1. The maximum absolute atomic E-state index is 13.0. The molecule has 1 aromatic rings. The summed E-state index contributed by atoms with van der Waals surface area (Å²) in [4.78, 5) is 11.8. The molecule has 0 spiro atoms. The minimum absolute atomic E-state index is 0.120. The van der Waals surface area contributed by atoms with E-state index in [1.807, 2.05) is 0 Å². The molecule has 7 heteroatoms. The summed E-state index contributed by atoms with van der Waals surface area (Å²) in [7, 11) is 0. The predicted octanol–water partition coefficient (Wildman–Crippen LogP) is 3.29. The van der Waals surface area contributed by atoms with Crippen molar-refractivity contribution >= 4 is 23.2 Å². The number of halogens is 2. The first-order valence-electron chi connectivity index (χ1n) is 7.72. The lowest BCUT2D eigenvalue weighted by atomic mass is 10.0. The molecular formula is C16H23F2N3OS. The minimum atomic E-state index is -0.809. The molecule has 0 unspecified atom stereocenters. The number of amides is 1. The zero-order valence-corrected chi connectivity index (χ0v) is 14.2. The third-order valence-corrected chi connectivity index (χ3v) is 3.57. The van der Waals surface area contributed by atoms with E-state index in [2.05, 4.69) is 30.0 Å². The Morgan fingerprint density at radius 3 is 2.43 bits per heavy atom. The van der Waals surface area contributed by atoms with Crippen LogP contribution in [0.4, 0.5) is 8.78 Å². The molecule has 1 amide bonds. The fraction of sp³-hybridized carbons (Fsp3) is 0.500. The Hall–Kier alpha value is -1.76. The van der Waals surface area contributed by atoms with E-state index in [-0.39, 0.29) is 10.7 Å². The fourth-order valence-corrected chi connectivity index (χ4v) is 2.16. The molecule has 0 aliphatic rings. The highest BCUT2D eigenvalue weighted by Gasteiger charge is 2.09. The van der Waals surface area contributed by atoms with Crippen LogP contribution in [0.5, 0.6) is 0 Å². The number of rotatable bonds is 7. The molecule has 0 aliphatic carbocycles. The zero-order chi connectivity index (χ0) is 17.2. The maximum atomic E-state index is 13.0. The van der Waals surface area contributed by atoms with Crippen molar-refractivity contribution in [3.05, 3.63) is 35.4 Å². The van der Waals surface area contributed by atoms with Crippen molar-refractivity contribution in [1.82, 2.24) is 16.2 Å². The van der Waals surface area contributed by atoms with Crippen LogP contribution in [-0.4, -0.2) is 17.6 Å². The molecule has 1 atom stereocenters. The molecule has 1 rings (SSSR count). The van der Waals surface area contributed by atoms with E-state index >= 15 is 0 Å². The minimum Gasteiger partial charge on any atom is -0.361 e. The molecular weight excluding hydrogens is 320 g/mol. The van der Waals surface area contributed by atoms with Gasteiger partial charge in [0.15, 0.2) is 5.11 Å². The second kappa shape index (κ2) is 10.1. The molecule has 3 N–H and O–H groups in total. The van der Waals surface area contributed by atoms with E-state index in [9.17, 15) is 13.6 Å². The largest absolute Gasteiger partial charge is 0.361 e.